The van der Waals surface area contributed by atoms with Crippen molar-refractivity contribution in [1.29, 1.82) is 0 Å². The van der Waals surface area contributed by atoms with Gasteiger partial charge in [0.05, 0.1) is 16.6 Å². The largest absolute Gasteiger partial charge is 0.391 e. The maximum absolute atomic E-state index is 10.4. The zero-order chi connectivity index (χ0) is 11.6. The number of nitrogens with one attached hydrogen (secondary N) is 1. The number of thiazole rings is 1. The summed E-state index contributed by atoms with van der Waals surface area (Å²) >= 11 is 0.953. The van der Waals surface area contributed by atoms with Gasteiger partial charge in [-0.1, -0.05) is 0 Å². The van der Waals surface area contributed by atoms with Gasteiger partial charge in [0.25, 0.3) is 0 Å². The van der Waals surface area contributed by atoms with E-state index in [4.69, 9.17) is 0 Å². The van der Waals surface area contributed by atoms with Gasteiger partial charge in [-0.15, -0.1) is 0 Å². The van der Waals surface area contributed by atoms with Crippen molar-refractivity contribution in [3.8, 4) is 0 Å². The van der Waals surface area contributed by atoms with Crippen LogP contribution in [0.3, 0.4) is 0 Å². The van der Waals surface area contributed by atoms with Crippen molar-refractivity contribution in [2.75, 3.05) is 5.32 Å². The molecule has 0 aliphatic heterocycles. The Morgan fingerprint density at radius 2 is 2.33 bits per heavy atom. The van der Waals surface area contributed by atoms with Crippen LogP contribution in [0.15, 0.2) is 6.20 Å². The zero-order valence-corrected chi connectivity index (χ0v) is 9.54. The van der Waals surface area contributed by atoms with Gasteiger partial charge in [-0.2, -0.15) is 0 Å². The number of hydrogen-bond acceptors (Lipinski definition) is 6. The quantitative estimate of drug-likeness (QED) is 0.607. The molecule has 1 rings (SSSR count). The van der Waals surface area contributed by atoms with Crippen molar-refractivity contribution < 1.29 is 10.0 Å². The standard InChI is InChI=1S/C8H13N3O3S/c1-5(12)8(2,3)10-7-9-4-6(15-7)11(13)14/h4-5,12H,1-3H3,(H,9,10). The minimum absolute atomic E-state index is 0.0149. The number of nitro groups is 1. The van der Waals surface area contributed by atoms with E-state index in [-0.39, 0.29) is 5.00 Å². The van der Waals surface area contributed by atoms with Crippen LogP contribution >= 0.6 is 11.3 Å². The number of aromatic nitrogens is 1. The van der Waals surface area contributed by atoms with E-state index in [2.05, 4.69) is 10.3 Å². The summed E-state index contributed by atoms with van der Waals surface area (Å²) < 4.78 is 0. The first-order valence-electron chi connectivity index (χ1n) is 4.39. The second-order valence-corrected chi connectivity index (χ2v) is 4.79. The minimum Gasteiger partial charge on any atom is -0.391 e. The highest BCUT2D eigenvalue weighted by molar-refractivity contribution is 7.18. The normalized spacial score (nSPS) is 13.6. The second kappa shape index (κ2) is 4.11. The molecule has 0 amide bonds. The van der Waals surface area contributed by atoms with Crippen LogP contribution in [0.4, 0.5) is 10.1 Å². The Balaban J connectivity index is 2.77. The first-order valence-corrected chi connectivity index (χ1v) is 5.21. The van der Waals surface area contributed by atoms with Crippen molar-refractivity contribution in [3.63, 3.8) is 0 Å². The zero-order valence-electron chi connectivity index (χ0n) is 8.72. The highest BCUT2D eigenvalue weighted by Gasteiger charge is 2.25. The molecule has 1 unspecified atom stereocenters. The lowest BCUT2D eigenvalue weighted by Gasteiger charge is -2.28. The molecule has 1 aromatic heterocycles. The Kier molecular flexibility index (Phi) is 3.25. The van der Waals surface area contributed by atoms with Crippen LogP contribution in [0.5, 0.6) is 0 Å². The van der Waals surface area contributed by atoms with Crippen LogP contribution < -0.4 is 5.32 Å². The van der Waals surface area contributed by atoms with E-state index < -0.39 is 16.6 Å². The number of nitrogens with zero attached hydrogens (tertiary/aromatic N) is 2. The molecule has 2 N–H and O–H groups in total. The Morgan fingerprint density at radius 3 is 2.73 bits per heavy atom. The molecule has 0 spiro atoms. The van der Waals surface area contributed by atoms with Crippen LogP contribution in [0.25, 0.3) is 0 Å². The summed E-state index contributed by atoms with van der Waals surface area (Å²) in [6, 6.07) is 0. The third kappa shape index (κ3) is 2.87. The van der Waals surface area contributed by atoms with Crippen molar-refractivity contribution in [3.05, 3.63) is 16.3 Å². The second-order valence-electron chi connectivity index (χ2n) is 3.78. The molecule has 1 aromatic rings. The van der Waals surface area contributed by atoms with Crippen molar-refractivity contribution in [2.45, 2.75) is 32.4 Å². The molecule has 0 bridgehead atoms. The van der Waals surface area contributed by atoms with Gasteiger partial charge in [-0.05, 0) is 32.1 Å². The van der Waals surface area contributed by atoms with E-state index in [9.17, 15) is 15.2 Å². The van der Waals surface area contributed by atoms with Gasteiger partial charge in [0, 0.05) is 0 Å². The Morgan fingerprint density at radius 1 is 1.73 bits per heavy atom. The first-order chi connectivity index (χ1) is 6.83. The Hall–Kier alpha value is -1.21. The lowest BCUT2D eigenvalue weighted by Crippen LogP contribution is -2.41. The summed E-state index contributed by atoms with van der Waals surface area (Å²) in [4.78, 5) is 13.8. The SMILES string of the molecule is CC(O)C(C)(C)Nc1ncc([N+](=O)[O-])s1. The van der Waals surface area contributed by atoms with Crippen molar-refractivity contribution in [1.82, 2.24) is 4.98 Å². The fourth-order valence-corrected chi connectivity index (χ4v) is 1.59. The molecular weight excluding hydrogens is 218 g/mol. The lowest BCUT2D eigenvalue weighted by atomic mass is 9.99. The van der Waals surface area contributed by atoms with E-state index in [1.807, 2.05) is 0 Å². The summed E-state index contributed by atoms with van der Waals surface area (Å²) in [5.41, 5.74) is -0.564. The van der Waals surface area contributed by atoms with Crippen LogP contribution in [-0.2, 0) is 0 Å². The monoisotopic (exact) mass is 231 g/mol. The average molecular weight is 231 g/mol. The number of aliphatic hydroxyl groups excluding tert-OH is 1. The van der Waals surface area contributed by atoms with Gasteiger partial charge in [-0.3, -0.25) is 10.1 Å². The smallest absolute Gasteiger partial charge is 0.345 e. The van der Waals surface area contributed by atoms with E-state index in [1.165, 1.54) is 6.20 Å². The molecule has 15 heavy (non-hydrogen) atoms. The molecule has 0 radical (unpaired) electrons. The maximum atomic E-state index is 10.4. The van der Waals surface area contributed by atoms with E-state index in [0.29, 0.717) is 5.13 Å². The first kappa shape index (κ1) is 11.9. The third-order valence-electron chi connectivity index (χ3n) is 2.15. The predicted octanol–water partition coefficient (Wildman–Crippen LogP) is 1.62. The van der Waals surface area contributed by atoms with Gasteiger partial charge in [0.1, 0.15) is 6.20 Å². The fraction of sp³-hybridized carbons (Fsp3) is 0.625. The average Bonchev–Trinajstić information content (AvgIpc) is 2.51. The summed E-state index contributed by atoms with van der Waals surface area (Å²) in [7, 11) is 0. The molecule has 0 aliphatic rings. The number of hydrogen-bond donors (Lipinski definition) is 2. The van der Waals surface area contributed by atoms with Gasteiger partial charge < -0.3 is 10.4 Å². The number of anilines is 1. The summed E-state index contributed by atoms with van der Waals surface area (Å²) in [5.74, 6) is 0. The van der Waals surface area contributed by atoms with E-state index >= 15 is 0 Å². The lowest BCUT2D eigenvalue weighted by molar-refractivity contribution is -0.380. The van der Waals surface area contributed by atoms with E-state index in [0.717, 1.165) is 11.3 Å². The molecule has 7 heteroatoms. The third-order valence-corrected chi connectivity index (χ3v) is 3.01. The topological polar surface area (TPSA) is 88.3 Å². The van der Waals surface area contributed by atoms with Gasteiger partial charge in [0.15, 0.2) is 5.13 Å². The Bertz CT molecular complexity index is 362. The predicted molar refractivity (Wildman–Crippen MR) is 58.2 cm³/mol. The van der Waals surface area contributed by atoms with Crippen LogP contribution in [0, 0.1) is 10.1 Å². The van der Waals surface area contributed by atoms with Gasteiger partial charge in [0.2, 0.25) is 0 Å². The van der Waals surface area contributed by atoms with Crippen LogP contribution in [0.2, 0.25) is 0 Å². The molecule has 0 fully saturated rings. The summed E-state index contributed by atoms with van der Waals surface area (Å²) in [6.07, 6.45) is 0.617. The molecule has 0 saturated carbocycles. The molecule has 84 valence electrons. The Labute approximate surface area is 91.1 Å². The molecule has 0 aromatic carbocycles. The summed E-state index contributed by atoms with van der Waals surface area (Å²) in [6.45, 7) is 5.24. The number of rotatable bonds is 4. The summed E-state index contributed by atoms with van der Waals surface area (Å²) in [5, 5.41) is 23.2. The molecule has 0 aliphatic carbocycles. The molecule has 1 atom stereocenters. The number of aliphatic hydroxyl groups is 1. The van der Waals surface area contributed by atoms with Gasteiger partial charge >= 0.3 is 5.00 Å². The van der Waals surface area contributed by atoms with E-state index in [1.54, 1.807) is 20.8 Å². The van der Waals surface area contributed by atoms with Gasteiger partial charge in [-0.25, -0.2) is 4.98 Å². The maximum Gasteiger partial charge on any atom is 0.345 e. The minimum atomic E-state index is -0.583. The highest BCUT2D eigenvalue weighted by atomic mass is 32.1. The molecule has 6 nitrogen and oxygen atoms in total. The van der Waals surface area contributed by atoms with Crippen LogP contribution in [-0.4, -0.2) is 26.7 Å². The highest BCUT2D eigenvalue weighted by Crippen LogP contribution is 2.28. The molecule has 0 saturated heterocycles. The fourth-order valence-electron chi connectivity index (χ4n) is 0.788. The van der Waals surface area contributed by atoms with Crippen molar-refractivity contribution >= 4 is 21.5 Å². The van der Waals surface area contributed by atoms with Crippen LogP contribution in [0.1, 0.15) is 20.8 Å². The van der Waals surface area contributed by atoms with Crippen molar-refractivity contribution in [2.24, 2.45) is 0 Å². The molecular formula is C8H13N3O3S. The molecule has 1 heterocycles.